The molecule has 0 bridgehead atoms. The number of aliphatic carboxylic acids is 1. The van der Waals surface area contributed by atoms with Crippen molar-refractivity contribution < 1.29 is 14.7 Å². The molecule has 2 heterocycles. The Balaban J connectivity index is 1.83. The summed E-state index contributed by atoms with van der Waals surface area (Å²) in [4.78, 5) is 27.0. The first-order valence-electron chi connectivity index (χ1n) is 7.63. The molecule has 0 spiro atoms. The highest BCUT2D eigenvalue weighted by Gasteiger charge is 2.34. The van der Waals surface area contributed by atoms with Gasteiger partial charge in [0.25, 0.3) is 0 Å². The van der Waals surface area contributed by atoms with Crippen LogP contribution in [0.15, 0.2) is 0 Å². The molecule has 5 heteroatoms. The van der Waals surface area contributed by atoms with Gasteiger partial charge < -0.3 is 14.9 Å². The number of carbonyl (C=O) groups excluding carboxylic acids is 1. The molecule has 2 saturated heterocycles. The lowest BCUT2D eigenvalue weighted by Crippen LogP contribution is -2.49. The lowest BCUT2D eigenvalue weighted by Gasteiger charge is -2.39. The Labute approximate surface area is 120 Å². The number of carbonyl (C=O) groups is 2. The minimum atomic E-state index is -0.743. The summed E-state index contributed by atoms with van der Waals surface area (Å²) < 4.78 is 0. The number of piperidine rings is 1. The van der Waals surface area contributed by atoms with Gasteiger partial charge in [-0.2, -0.15) is 0 Å². The fraction of sp³-hybridized carbons (Fsp3) is 0.867. The molecule has 0 saturated carbocycles. The molecule has 0 aromatic rings. The maximum atomic E-state index is 12.5. The maximum Gasteiger partial charge on any atom is 0.320 e. The fourth-order valence-electron chi connectivity index (χ4n) is 3.36. The van der Waals surface area contributed by atoms with Crippen molar-refractivity contribution >= 4 is 12.0 Å². The topological polar surface area (TPSA) is 60.9 Å². The van der Waals surface area contributed by atoms with Gasteiger partial charge in [0.15, 0.2) is 0 Å². The smallest absolute Gasteiger partial charge is 0.320 e. The van der Waals surface area contributed by atoms with Gasteiger partial charge in [-0.25, -0.2) is 4.79 Å². The van der Waals surface area contributed by atoms with Crippen molar-refractivity contribution in [1.82, 2.24) is 9.80 Å². The van der Waals surface area contributed by atoms with E-state index in [2.05, 4.69) is 13.8 Å². The SMILES string of the molecule is CC1(C)CCCN(C(=O)N2CCC(CCC(=O)O)C2)C1. The number of likely N-dealkylation sites (tertiary alicyclic amines) is 2. The Morgan fingerprint density at radius 3 is 2.65 bits per heavy atom. The second-order valence-corrected chi connectivity index (χ2v) is 7.01. The number of nitrogens with zero attached hydrogens (tertiary/aromatic N) is 2. The molecule has 0 aliphatic carbocycles. The van der Waals surface area contributed by atoms with Gasteiger partial charge in [-0.1, -0.05) is 13.8 Å². The van der Waals surface area contributed by atoms with E-state index in [4.69, 9.17) is 5.11 Å². The van der Waals surface area contributed by atoms with Crippen LogP contribution >= 0.6 is 0 Å². The summed E-state index contributed by atoms with van der Waals surface area (Å²) in [6.07, 6.45) is 4.09. The average molecular weight is 282 g/mol. The molecule has 1 unspecified atom stereocenters. The van der Waals surface area contributed by atoms with Crippen molar-refractivity contribution in [2.24, 2.45) is 11.3 Å². The van der Waals surface area contributed by atoms with Crippen molar-refractivity contribution in [2.75, 3.05) is 26.2 Å². The molecule has 0 radical (unpaired) electrons. The largest absolute Gasteiger partial charge is 0.481 e. The van der Waals surface area contributed by atoms with Crippen molar-refractivity contribution in [3.05, 3.63) is 0 Å². The summed E-state index contributed by atoms with van der Waals surface area (Å²) in [5.41, 5.74) is 0.219. The molecule has 1 atom stereocenters. The second-order valence-electron chi connectivity index (χ2n) is 7.01. The molecule has 0 aromatic carbocycles. The van der Waals surface area contributed by atoms with Crippen LogP contribution in [0.3, 0.4) is 0 Å². The molecule has 20 heavy (non-hydrogen) atoms. The number of carboxylic acid groups (broad SMARTS) is 1. The van der Waals surface area contributed by atoms with E-state index in [1.807, 2.05) is 9.80 Å². The van der Waals surface area contributed by atoms with E-state index in [9.17, 15) is 9.59 Å². The highest BCUT2D eigenvalue weighted by Crippen LogP contribution is 2.30. The van der Waals surface area contributed by atoms with Crippen LogP contribution in [0.2, 0.25) is 0 Å². The Hall–Kier alpha value is -1.26. The zero-order chi connectivity index (χ0) is 14.8. The van der Waals surface area contributed by atoms with Crippen LogP contribution in [-0.4, -0.2) is 53.1 Å². The number of rotatable bonds is 3. The third-order valence-electron chi connectivity index (χ3n) is 4.49. The van der Waals surface area contributed by atoms with Gasteiger partial charge in [0.2, 0.25) is 0 Å². The van der Waals surface area contributed by atoms with Gasteiger partial charge in [-0.3, -0.25) is 4.79 Å². The number of hydrogen-bond acceptors (Lipinski definition) is 2. The first kappa shape index (κ1) is 15.1. The summed E-state index contributed by atoms with van der Waals surface area (Å²) in [6, 6.07) is 0.149. The van der Waals surface area contributed by atoms with E-state index in [0.29, 0.717) is 12.3 Å². The van der Waals surface area contributed by atoms with Crippen LogP contribution < -0.4 is 0 Å². The summed E-state index contributed by atoms with van der Waals surface area (Å²) in [7, 11) is 0. The molecule has 2 aliphatic rings. The van der Waals surface area contributed by atoms with Gasteiger partial charge in [-0.05, 0) is 37.0 Å². The summed E-state index contributed by atoms with van der Waals surface area (Å²) in [5, 5.41) is 8.72. The quantitative estimate of drug-likeness (QED) is 0.864. The minimum absolute atomic E-state index is 0.149. The third-order valence-corrected chi connectivity index (χ3v) is 4.49. The second kappa shape index (κ2) is 6.02. The molecule has 2 fully saturated rings. The third kappa shape index (κ3) is 3.87. The standard InChI is InChI=1S/C15H26N2O3/c1-15(2)7-3-8-17(11-15)14(20)16-9-6-12(10-16)4-5-13(18)19/h12H,3-11H2,1-2H3,(H,18,19). The van der Waals surface area contributed by atoms with Gasteiger partial charge >= 0.3 is 12.0 Å². The van der Waals surface area contributed by atoms with Crippen LogP contribution in [0.4, 0.5) is 4.79 Å². The van der Waals surface area contributed by atoms with E-state index in [0.717, 1.165) is 39.0 Å². The van der Waals surface area contributed by atoms with E-state index < -0.39 is 5.97 Å². The van der Waals surface area contributed by atoms with Crippen molar-refractivity contribution in [1.29, 1.82) is 0 Å². The molecule has 114 valence electrons. The molecule has 1 N–H and O–H groups in total. The van der Waals surface area contributed by atoms with Crippen LogP contribution in [0, 0.1) is 11.3 Å². The number of carboxylic acids is 1. The Morgan fingerprint density at radius 1 is 1.25 bits per heavy atom. The summed E-state index contributed by atoms with van der Waals surface area (Å²) in [5.74, 6) is -0.389. The van der Waals surface area contributed by atoms with Gasteiger partial charge in [0, 0.05) is 32.6 Å². The Morgan fingerprint density at radius 2 is 2.00 bits per heavy atom. The molecule has 0 aromatic heterocycles. The Bertz CT molecular complexity index is 381. The first-order valence-corrected chi connectivity index (χ1v) is 7.63. The zero-order valence-electron chi connectivity index (χ0n) is 12.6. The number of amides is 2. The van der Waals surface area contributed by atoms with Gasteiger partial charge in [0.1, 0.15) is 0 Å². The van der Waals surface area contributed by atoms with E-state index in [-0.39, 0.29) is 17.9 Å². The fourth-order valence-corrected chi connectivity index (χ4v) is 3.36. The lowest BCUT2D eigenvalue weighted by atomic mass is 9.84. The normalized spacial score (nSPS) is 25.8. The zero-order valence-corrected chi connectivity index (χ0v) is 12.6. The highest BCUT2D eigenvalue weighted by atomic mass is 16.4. The van der Waals surface area contributed by atoms with Crippen LogP contribution in [-0.2, 0) is 4.79 Å². The van der Waals surface area contributed by atoms with Gasteiger partial charge in [0.05, 0.1) is 0 Å². The predicted molar refractivity (Wildman–Crippen MR) is 76.5 cm³/mol. The van der Waals surface area contributed by atoms with E-state index in [1.165, 1.54) is 6.42 Å². The average Bonchev–Trinajstić information content (AvgIpc) is 2.83. The predicted octanol–water partition coefficient (Wildman–Crippen LogP) is 2.42. The monoisotopic (exact) mass is 282 g/mol. The molecule has 2 aliphatic heterocycles. The Kier molecular flexibility index (Phi) is 4.55. The molecular weight excluding hydrogens is 256 g/mol. The summed E-state index contributed by atoms with van der Waals surface area (Å²) in [6.45, 7) is 7.63. The van der Waals surface area contributed by atoms with Crippen LogP contribution in [0.5, 0.6) is 0 Å². The van der Waals surface area contributed by atoms with Crippen molar-refractivity contribution in [3.8, 4) is 0 Å². The van der Waals surface area contributed by atoms with Crippen molar-refractivity contribution in [2.45, 2.75) is 46.0 Å². The number of hydrogen-bond donors (Lipinski definition) is 1. The van der Waals surface area contributed by atoms with E-state index in [1.54, 1.807) is 0 Å². The summed E-state index contributed by atoms with van der Waals surface area (Å²) >= 11 is 0. The molecule has 2 rings (SSSR count). The van der Waals surface area contributed by atoms with E-state index >= 15 is 0 Å². The minimum Gasteiger partial charge on any atom is -0.481 e. The lowest BCUT2D eigenvalue weighted by molar-refractivity contribution is -0.137. The first-order chi connectivity index (χ1) is 9.37. The highest BCUT2D eigenvalue weighted by molar-refractivity contribution is 5.75. The number of urea groups is 1. The van der Waals surface area contributed by atoms with Gasteiger partial charge in [-0.15, -0.1) is 0 Å². The van der Waals surface area contributed by atoms with Crippen LogP contribution in [0.1, 0.15) is 46.0 Å². The van der Waals surface area contributed by atoms with Crippen molar-refractivity contribution in [3.63, 3.8) is 0 Å². The molecule has 5 nitrogen and oxygen atoms in total. The van der Waals surface area contributed by atoms with Crippen LogP contribution in [0.25, 0.3) is 0 Å². The molecular formula is C15H26N2O3. The molecule has 2 amide bonds. The maximum absolute atomic E-state index is 12.5.